The zero-order valence-corrected chi connectivity index (χ0v) is 15.1. The number of piperazine rings is 1. The fourth-order valence-corrected chi connectivity index (χ4v) is 3.42. The topological polar surface area (TPSA) is 52.5 Å². The molecule has 0 spiro atoms. The second kappa shape index (κ2) is 8.60. The van der Waals surface area contributed by atoms with Crippen LogP contribution in [-0.2, 0) is 6.42 Å². The van der Waals surface area contributed by atoms with Gasteiger partial charge in [0.2, 0.25) is 0 Å². The highest BCUT2D eigenvalue weighted by Crippen LogP contribution is 2.24. The molecule has 2 heterocycles. The van der Waals surface area contributed by atoms with Crippen LogP contribution in [0.5, 0.6) is 0 Å². The zero-order valence-electron chi connectivity index (χ0n) is 15.1. The summed E-state index contributed by atoms with van der Waals surface area (Å²) in [6.45, 7) is 13.0. The lowest BCUT2D eigenvalue weighted by Crippen LogP contribution is -2.54. The number of aliphatic hydroxyl groups is 1. The van der Waals surface area contributed by atoms with Crippen LogP contribution in [0.25, 0.3) is 0 Å². The van der Waals surface area contributed by atoms with Gasteiger partial charge in [0.25, 0.3) is 0 Å². The minimum absolute atomic E-state index is 0.248. The lowest BCUT2D eigenvalue weighted by atomic mass is 10.0. The van der Waals surface area contributed by atoms with Crippen molar-refractivity contribution in [1.82, 2.24) is 14.9 Å². The summed E-state index contributed by atoms with van der Waals surface area (Å²) in [4.78, 5) is 14.0. The summed E-state index contributed by atoms with van der Waals surface area (Å²) in [6.07, 6.45) is 4.94. The predicted octanol–water partition coefficient (Wildman–Crippen LogP) is 2.27. The lowest BCUT2D eigenvalue weighted by Gasteiger charge is -2.43. The highest BCUT2D eigenvalue weighted by molar-refractivity contribution is 5.47. The molecular formula is C18H32N4O. The van der Waals surface area contributed by atoms with Crippen LogP contribution >= 0.6 is 0 Å². The number of aryl methyl sites for hydroxylation is 2. The molecule has 1 aromatic rings. The van der Waals surface area contributed by atoms with E-state index in [4.69, 9.17) is 4.98 Å². The second-order valence-corrected chi connectivity index (χ2v) is 7.02. The van der Waals surface area contributed by atoms with E-state index in [0.29, 0.717) is 12.0 Å². The maximum absolute atomic E-state index is 9.44. The van der Waals surface area contributed by atoms with E-state index in [-0.39, 0.29) is 6.61 Å². The Balaban J connectivity index is 2.17. The number of hydrogen-bond donors (Lipinski definition) is 1. The summed E-state index contributed by atoms with van der Waals surface area (Å²) in [5.74, 6) is 2.59. The number of rotatable bonds is 7. The van der Waals surface area contributed by atoms with E-state index in [1.807, 2.05) is 13.1 Å². The van der Waals surface area contributed by atoms with Crippen LogP contribution in [0.4, 0.5) is 5.82 Å². The van der Waals surface area contributed by atoms with Gasteiger partial charge in [-0.3, -0.25) is 4.90 Å². The van der Waals surface area contributed by atoms with Gasteiger partial charge in [0.15, 0.2) is 0 Å². The standard InChI is InChI=1S/C18H32N4O/c1-5-6-16-11-19-15(4)20-18(16)22-9-8-21(12-14(2)3)17(13-22)7-10-23/h11,14,17,23H,5-10,12-13H2,1-4H3/t17-/m0/s1. The summed E-state index contributed by atoms with van der Waals surface area (Å²) in [7, 11) is 0. The number of nitrogens with zero attached hydrogens (tertiary/aromatic N) is 4. The maximum atomic E-state index is 9.44. The smallest absolute Gasteiger partial charge is 0.135 e. The molecule has 130 valence electrons. The van der Waals surface area contributed by atoms with Crippen LogP contribution in [-0.4, -0.2) is 58.8 Å². The van der Waals surface area contributed by atoms with Crippen LogP contribution in [0.15, 0.2) is 6.20 Å². The van der Waals surface area contributed by atoms with E-state index in [0.717, 1.165) is 57.1 Å². The number of aromatic nitrogens is 2. The molecule has 1 aromatic heterocycles. The van der Waals surface area contributed by atoms with E-state index >= 15 is 0 Å². The zero-order chi connectivity index (χ0) is 16.8. The van der Waals surface area contributed by atoms with Gasteiger partial charge in [-0.25, -0.2) is 9.97 Å². The van der Waals surface area contributed by atoms with Crippen LogP contribution < -0.4 is 4.90 Å². The molecule has 5 nitrogen and oxygen atoms in total. The first-order chi connectivity index (χ1) is 11.0. The Bertz CT molecular complexity index is 492. The highest BCUT2D eigenvalue weighted by Gasteiger charge is 2.28. The molecule has 0 bridgehead atoms. The highest BCUT2D eigenvalue weighted by atomic mass is 16.3. The molecule has 1 N–H and O–H groups in total. The Morgan fingerprint density at radius 1 is 1.35 bits per heavy atom. The van der Waals surface area contributed by atoms with Crippen molar-refractivity contribution in [3.8, 4) is 0 Å². The van der Waals surface area contributed by atoms with Gasteiger partial charge in [0.1, 0.15) is 11.6 Å². The minimum Gasteiger partial charge on any atom is -0.396 e. The molecule has 5 heteroatoms. The van der Waals surface area contributed by atoms with Crippen molar-refractivity contribution in [1.29, 1.82) is 0 Å². The molecule has 0 radical (unpaired) electrons. The van der Waals surface area contributed by atoms with Crippen molar-refractivity contribution in [2.75, 3.05) is 37.7 Å². The number of aliphatic hydroxyl groups excluding tert-OH is 1. The van der Waals surface area contributed by atoms with Crippen LogP contribution in [0.3, 0.4) is 0 Å². The molecule has 23 heavy (non-hydrogen) atoms. The Morgan fingerprint density at radius 2 is 2.13 bits per heavy atom. The van der Waals surface area contributed by atoms with Crippen LogP contribution in [0.1, 0.15) is 45.0 Å². The predicted molar refractivity (Wildman–Crippen MR) is 94.9 cm³/mol. The maximum Gasteiger partial charge on any atom is 0.135 e. The molecule has 0 aliphatic carbocycles. The fourth-order valence-electron chi connectivity index (χ4n) is 3.42. The van der Waals surface area contributed by atoms with E-state index in [2.05, 4.69) is 35.6 Å². The Hall–Kier alpha value is -1.20. The van der Waals surface area contributed by atoms with Gasteiger partial charge in [0.05, 0.1) is 0 Å². The van der Waals surface area contributed by atoms with Crippen molar-refractivity contribution in [3.63, 3.8) is 0 Å². The quantitative estimate of drug-likeness (QED) is 0.835. The van der Waals surface area contributed by atoms with E-state index in [1.54, 1.807) is 0 Å². The largest absolute Gasteiger partial charge is 0.396 e. The molecule has 0 saturated carbocycles. The third-order valence-corrected chi connectivity index (χ3v) is 4.45. The molecule has 2 rings (SSSR count). The molecule has 1 aliphatic heterocycles. The monoisotopic (exact) mass is 320 g/mol. The Labute approximate surface area is 140 Å². The van der Waals surface area contributed by atoms with E-state index < -0.39 is 0 Å². The summed E-state index contributed by atoms with van der Waals surface area (Å²) >= 11 is 0. The summed E-state index contributed by atoms with van der Waals surface area (Å²) in [5, 5.41) is 9.44. The Morgan fingerprint density at radius 3 is 2.78 bits per heavy atom. The molecule has 1 atom stereocenters. The molecule has 1 saturated heterocycles. The summed E-state index contributed by atoms with van der Waals surface area (Å²) < 4.78 is 0. The number of hydrogen-bond acceptors (Lipinski definition) is 5. The average molecular weight is 320 g/mol. The first-order valence-corrected chi connectivity index (χ1v) is 8.97. The van der Waals surface area contributed by atoms with E-state index in [9.17, 15) is 5.11 Å². The van der Waals surface area contributed by atoms with Gasteiger partial charge in [0, 0.05) is 50.6 Å². The Kier molecular flexibility index (Phi) is 6.78. The van der Waals surface area contributed by atoms with E-state index in [1.165, 1.54) is 5.56 Å². The molecule has 0 aromatic carbocycles. The van der Waals surface area contributed by atoms with Gasteiger partial charge in [-0.1, -0.05) is 27.2 Å². The molecule has 1 fully saturated rings. The number of anilines is 1. The van der Waals surface area contributed by atoms with Gasteiger partial charge < -0.3 is 10.0 Å². The molecular weight excluding hydrogens is 288 g/mol. The first kappa shape index (κ1) is 18.1. The van der Waals surface area contributed by atoms with Crippen molar-refractivity contribution in [3.05, 3.63) is 17.6 Å². The summed E-state index contributed by atoms with van der Waals surface area (Å²) in [6, 6.07) is 0.404. The average Bonchev–Trinajstić information content (AvgIpc) is 2.51. The normalized spacial score (nSPS) is 19.6. The first-order valence-electron chi connectivity index (χ1n) is 8.97. The second-order valence-electron chi connectivity index (χ2n) is 7.02. The van der Waals surface area contributed by atoms with Crippen molar-refractivity contribution >= 4 is 5.82 Å². The van der Waals surface area contributed by atoms with Gasteiger partial charge in [-0.05, 0) is 25.7 Å². The van der Waals surface area contributed by atoms with Crippen LogP contribution in [0, 0.1) is 12.8 Å². The third-order valence-electron chi connectivity index (χ3n) is 4.45. The fraction of sp³-hybridized carbons (Fsp3) is 0.778. The molecule has 1 aliphatic rings. The lowest BCUT2D eigenvalue weighted by molar-refractivity contribution is 0.128. The SMILES string of the molecule is CCCc1cnc(C)nc1N1CCN(CC(C)C)[C@@H](CCO)C1. The molecule has 0 amide bonds. The minimum atomic E-state index is 0.248. The summed E-state index contributed by atoms with van der Waals surface area (Å²) in [5.41, 5.74) is 1.25. The van der Waals surface area contributed by atoms with Crippen molar-refractivity contribution in [2.45, 2.75) is 53.0 Å². The third kappa shape index (κ3) is 4.88. The molecule has 0 unspecified atom stereocenters. The van der Waals surface area contributed by atoms with Crippen molar-refractivity contribution < 1.29 is 5.11 Å². The van der Waals surface area contributed by atoms with Gasteiger partial charge >= 0.3 is 0 Å². The van der Waals surface area contributed by atoms with Gasteiger partial charge in [-0.15, -0.1) is 0 Å². The van der Waals surface area contributed by atoms with Crippen LogP contribution in [0.2, 0.25) is 0 Å². The van der Waals surface area contributed by atoms with Crippen molar-refractivity contribution in [2.24, 2.45) is 5.92 Å². The van der Waals surface area contributed by atoms with Gasteiger partial charge in [-0.2, -0.15) is 0 Å².